The predicted octanol–water partition coefficient (Wildman–Crippen LogP) is 3.18. The Bertz CT molecular complexity index is 605. The van der Waals surface area contributed by atoms with Crippen molar-refractivity contribution < 1.29 is 14.3 Å². The summed E-state index contributed by atoms with van der Waals surface area (Å²) in [5, 5.41) is 2.20. The molecule has 0 unspecified atom stereocenters. The Balaban J connectivity index is 0.000000160. The predicted molar refractivity (Wildman–Crippen MR) is 84.6 cm³/mol. The molecule has 0 atom stereocenters. The van der Waals surface area contributed by atoms with E-state index in [1.54, 1.807) is 24.3 Å². The molecule has 0 spiro atoms. The van der Waals surface area contributed by atoms with Crippen LogP contribution in [0.1, 0.15) is 39.6 Å². The zero-order valence-electron chi connectivity index (χ0n) is 12.5. The number of benzene rings is 2. The zero-order chi connectivity index (χ0) is 15.8. The summed E-state index contributed by atoms with van der Waals surface area (Å²) in [6.07, 6.45) is 1.09. The summed E-state index contributed by atoms with van der Waals surface area (Å²) in [6.45, 7) is 3.72. The molecule has 22 heavy (non-hydrogen) atoms. The third kappa shape index (κ3) is 4.27. The van der Waals surface area contributed by atoms with Gasteiger partial charge in [0.1, 0.15) is 0 Å². The second kappa shape index (κ2) is 8.10. The van der Waals surface area contributed by atoms with Gasteiger partial charge in [0, 0.05) is 6.61 Å². The van der Waals surface area contributed by atoms with E-state index in [1.165, 1.54) is 5.56 Å². The third-order valence-electron chi connectivity index (χ3n) is 3.10. The standard InChI is InChI=1S/C10H14O.C8H5NO2/c1-2-8-11-9-10-6-4-3-5-7-10;10-7-5-3-1-2-4-6(5)8(11)9-7/h3-7H,2,8-9H2,1H3;1-4H,(H,9,10,11). The fourth-order valence-corrected chi connectivity index (χ4v) is 2.03. The molecule has 2 amide bonds. The van der Waals surface area contributed by atoms with Crippen molar-refractivity contribution in [3.63, 3.8) is 0 Å². The van der Waals surface area contributed by atoms with Gasteiger partial charge in [0.15, 0.2) is 0 Å². The summed E-state index contributed by atoms with van der Waals surface area (Å²) in [5.74, 6) is -0.601. The number of hydrogen-bond acceptors (Lipinski definition) is 3. The smallest absolute Gasteiger partial charge is 0.258 e. The highest BCUT2D eigenvalue weighted by atomic mass is 16.5. The normalized spacial score (nSPS) is 12.2. The van der Waals surface area contributed by atoms with Crippen molar-refractivity contribution in [2.75, 3.05) is 6.61 Å². The zero-order valence-corrected chi connectivity index (χ0v) is 12.5. The first-order valence-electron chi connectivity index (χ1n) is 7.28. The molecule has 1 heterocycles. The third-order valence-corrected chi connectivity index (χ3v) is 3.10. The van der Waals surface area contributed by atoms with Gasteiger partial charge in [0.05, 0.1) is 17.7 Å². The molecule has 0 saturated carbocycles. The Hall–Kier alpha value is -2.46. The van der Waals surface area contributed by atoms with Gasteiger partial charge in [-0.2, -0.15) is 0 Å². The molecule has 1 N–H and O–H groups in total. The van der Waals surface area contributed by atoms with Crippen LogP contribution in [-0.2, 0) is 11.3 Å². The van der Waals surface area contributed by atoms with Crippen molar-refractivity contribution in [3.05, 3.63) is 71.3 Å². The largest absolute Gasteiger partial charge is 0.377 e. The minimum absolute atomic E-state index is 0.300. The van der Waals surface area contributed by atoms with E-state index in [-0.39, 0.29) is 11.8 Å². The van der Waals surface area contributed by atoms with Gasteiger partial charge in [-0.05, 0) is 24.1 Å². The van der Waals surface area contributed by atoms with Crippen molar-refractivity contribution in [2.45, 2.75) is 20.0 Å². The number of imide groups is 1. The highest BCUT2D eigenvalue weighted by Gasteiger charge is 2.25. The van der Waals surface area contributed by atoms with E-state index >= 15 is 0 Å². The lowest BCUT2D eigenvalue weighted by Crippen LogP contribution is -2.19. The first-order chi connectivity index (χ1) is 10.7. The molecule has 4 heteroatoms. The van der Waals surface area contributed by atoms with Crippen molar-refractivity contribution in [3.8, 4) is 0 Å². The van der Waals surface area contributed by atoms with E-state index in [0.717, 1.165) is 19.6 Å². The van der Waals surface area contributed by atoms with E-state index in [2.05, 4.69) is 24.4 Å². The Morgan fingerprint density at radius 2 is 1.41 bits per heavy atom. The van der Waals surface area contributed by atoms with Gasteiger partial charge in [0.2, 0.25) is 0 Å². The van der Waals surface area contributed by atoms with Gasteiger partial charge < -0.3 is 4.74 Å². The molecule has 114 valence electrons. The number of rotatable bonds is 4. The van der Waals surface area contributed by atoms with Crippen LogP contribution < -0.4 is 5.32 Å². The van der Waals surface area contributed by atoms with Crippen LogP contribution in [0.5, 0.6) is 0 Å². The molecule has 0 bridgehead atoms. The number of carbonyl (C=O) groups excluding carboxylic acids is 2. The van der Waals surface area contributed by atoms with Gasteiger partial charge >= 0.3 is 0 Å². The monoisotopic (exact) mass is 297 g/mol. The van der Waals surface area contributed by atoms with Crippen LogP contribution in [0.15, 0.2) is 54.6 Å². The number of ether oxygens (including phenoxy) is 1. The van der Waals surface area contributed by atoms with Crippen LogP contribution in [-0.4, -0.2) is 18.4 Å². The number of carbonyl (C=O) groups is 2. The highest BCUT2D eigenvalue weighted by Crippen LogP contribution is 2.13. The van der Waals surface area contributed by atoms with Crippen LogP contribution in [0.2, 0.25) is 0 Å². The lowest BCUT2D eigenvalue weighted by atomic mass is 10.1. The van der Waals surface area contributed by atoms with Crippen LogP contribution >= 0.6 is 0 Å². The van der Waals surface area contributed by atoms with Crippen LogP contribution in [0.3, 0.4) is 0 Å². The molecule has 0 radical (unpaired) electrons. The Kier molecular flexibility index (Phi) is 5.86. The average Bonchev–Trinajstić information content (AvgIpc) is 2.85. The lowest BCUT2D eigenvalue weighted by molar-refractivity contribution is 0.0879. The van der Waals surface area contributed by atoms with Crippen molar-refractivity contribution in [1.82, 2.24) is 5.32 Å². The first-order valence-corrected chi connectivity index (χ1v) is 7.28. The molecule has 3 rings (SSSR count). The fraction of sp³-hybridized carbons (Fsp3) is 0.222. The molecule has 0 saturated heterocycles. The van der Waals surface area contributed by atoms with Gasteiger partial charge in [-0.15, -0.1) is 0 Å². The maximum Gasteiger partial charge on any atom is 0.258 e. The van der Waals surface area contributed by atoms with E-state index in [4.69, 9.17) is 4.74 Å². The number of fused-ring (bicyclic) bond motifs is 1. The van der Waals surface area contributed by atoms with Crippen molar-refractivity contribution >= 4 is 11.8 Å². The molecule has 1 aliphatic rings. The summed E-state index contributed by atoms with van der Waals surface area (Å²) < 4.78 is 5.37. The van der Waals surface area contributed by atoms with E-state index in [9.17, 15) is 9.59 Å². The molecule has 0 aromatic heterocycles. The summed E-state index contributed by atoms with van der Waals surface area (Å²) in [5.41, 5.74) is 2.19. The van der Waals surface area contributed by atoms with E-state index in [1.807, 2.05) is 18.2 Å². The molecular weight excluding hydrogens is 278 g/mol. The molecule has 0 aliphatic carbocycles. The molecule has 2 aromatic rings. The average molecular weight is 297 g/mol. The molecule has 1 aliphatic heterocycles. The maximum absolute atomic E-state index is 10.9. The molecule has 0 fully saturated rings. The van der Waals surface area contributed by atoms with Gasteiger partial charge in [-0.3, -0.25) is 14.9 Å². The summed E-state index contributed by atoms with van der Waals surface area (Å²) in [7, 11) is 0. The van der Waals surface area contributed by atoms with Crippen molar-refractivity contribution in [1.29, 1.82) is 0 Å². The van der Waals surface area contributed by atoms with Gasteiger partial charge in [-0.25, -0.2) is 0 Å². The number of nitrogens with one attached hydrogen (secondary N) is 1. The minimum atomic E-state index is -0.300. The Morgan fingerprint density at radius 3 is 1.95 bits per heavy atom. The number of hydrogen-bond donors (Lipinski definition) is 1. The molecular formula is C18H19NO3. The van der Waals surface area contributed by atoms with Gasteiger partial charge in [0.25, 0.3) is 11.8 Å². The quantitative estimate of drug-likeness (QED) is 0.696. The first kappa shape index (κ1) is 15.9. The maximum atomic E-state index is 10.9. The Morgan fingerprint density at radius 1 is 0.864 bits per heavy atom. The lowest BCUT2D eigenvalue weighted by Gasteiger charge is -2.00. The highest BCUT2D eigenvalue weighted by molar-refractivity contribution is 6.21. The SMILES string of the molecule is CCCOCc1ccccc1.O=C1NC(=O)c2ccccc21. The van der Waals surface area contributed by atoms with E-state index < -0.39 is 0 Å². The van der Waals surface area contributed by atoms with Gasteiger partial charge in [-0.1, -0.05) is 49.4 Å². The topological polar surface area (TPSA) is 55.4 Å². The van der Waals surface area contributed by atoms with Crippen LogP contribution in [0, 0.1) is 0 Å². The summed E-state index contributed by atoms with van der Waals surface area (Å²) >= 11 is 0. The Labute approximate surface area is 130 Å². The van der Waals surface area contributed by atoms with Crippen molar-refractivity contribution in [2.24, 2.45) is 0 Å². The summed E-state index contributed by atoms with van der Waals surface area (Å²) in [4.78, 5) is 21.9. The number of amides is 2. The van der Waals surface area contributed by atoms with Crippen LogP contribution in [0.25, 0.3) is 0 Å². The minimum Gasteiger partial charge on any atom is -0.377 e. The fourth-order valence-electron chi connectivity index (χ4n) is 2.03. The second-order valence-electron chi connectivity index (χ2n) is 4.87. The molecule has 2 aromatic carbocycles. The second-order valence-corrected chi connectivity index (χ2v) is 4.87. The summed E-state index contributed by atoms with van der Waals surface area (Å²) in [6, 6.07) is 17.0. The van der Waals surface area contributed by atoms with Crippen LogP contribution in [0.4, 0.5) is 0 Å². The van der Waals surface area contributed by atoms with E-state index in [0.29, 0.717) is 11.1 Å². The molecule has 4 nitrogen and oxygen atoms in total.